The molecule has 0 aliphatic heterocycles. The van der Waals surface area contributed by atoms with Crippen molar-refractivity contribution >= 4 is 30.5 Å². The van der Waals surface area contributed by atoms with Crippen molar-refractivity contribution < 1.29 is 0 Å². The third-order valence-corrected chi connectivity index (χ3v) is 1.30. The Labute approximate surface area is 79.0 Å². The molecule has 11 heavy (non-hydrogen) atoms. The van der Waals surface area contributed by atoms with E-state index in [-0.39, 0.29) is 24.8 Å². The first-order valence-electron chi connectivity index (χ1n) is 2.87. The molecule has 3 N–H and O–H groups in total. The summed E-state index contributed by atoms with van der Waals surface area (Å²) in [6.45, 7) is 2.01. The van der Waals surface area contributed by atoms with Crippen LogP contribution in [0.4, 0.5) is 5.69 Å². The topological polar surface area (TPSA) is 38.0 Å². The summed E-state index contributed by atoms with van der Waals surface area (Å²) in [6, 6.07) is 7.88. The van der Waals surface area contributed by atoms with Crippen LogP contribution < -0.4 is 11.3 Å². The maximum atomic E-state index is 5.20. The van der Waals surface area contributed by atoms with Crippen molar-refractivity contribution in [3.05, 3.63) is 29.8 Å². The van der Waals surface area contributed by atoms with Crippen LogP contribution >= 0.6 is 24.8 Å². The van der Waals surface area contributed by atoms with Gasteiger partial charge in [-0.1, -0.05) is 18.2 Å². The maximum absolute atomic E-state index is 5.20. The van der Waals surface area contributed by atoms with Crippen LogP contribution in [0.2, 0.25) is 0 Å². The predicted octanol–water partition coefficient (Wildman–Crippen LogP) is 2.12. The van der Waals surface area contributed by atoms with E-state index in [4.69, 9.17) is 5.84 Å². The number of anilines is 1. The Morgan fingerprint density at radius 1 is 1.18 bits per heavy atom. The van der Waals surface area contributed by atoms with Crippen molar-refractivity contribution in [1.29, 1.82) is 0 Å². The molecule has 4 heteroatoms. The lowest BCUT2D eigenvalue weighted by molar-refractivity contribution is 1.31. The lowest BCUT2D eigenvalue weighted by Crippen LogP contribution is -2.07. The average molecular weight is 195 g/mol. The van der Waals surface area contributed by atoms with Crippen LogP contribution in [0.3, 0.4) is 0 Å². The minimum atomic E-state index is 0. The van der Waals surface area contributed by atoms with Gasteiger partial charge in [0.1, 0.15) is 0 Å². The van der Waals surface area contributed by atoms with Crippen molar-refractivity contribution in [2.24, 2.45) is 5.84 Å². The van der Waals surface area contributed by atoms with Crippen molar-refractivity contribution in [2.45, 2.75) is 6.92 Å². The van der Waals surface area contributed by atoms with Crippen LogP contribution in [0, 0.1) is 6.92 Å². The summed E-state index contributed by atoms with van der Waals surface area (Å²) in [5.41, 5.74) is 4.75. The second-order valence-electron chi connectivity index (χ2n) is 1.96. The SMILES string of the molecule is Cc1ccccc1NN.Cl.Cl. The van der Waals surface area contributed by atoms with Gasteiger partial charge in [0.05, 0.1) is 5.69 Å². The number of para-hydroxylation sites is 1. The molecular weight excluding hydrogens is 183 g/mol. The first-order chi connectivity index (χ1) is 4.34. The van der Waals surface area contributed by atoms with E-state index in [9.17, 15) is 0 Å². The second-order valence-corrected chi connectivity index (χ2v) is 1.96. The van der Waals surface area contributed by atoms with E-state index < -0.39 is 0 Å². The quantitative estimate of drug-likeness (QED) is 0.532. The van der Waals surface area contributed by atoms with Crippen LogP contribution in [-0.2, 0) is 0 Å². The Hall–Kier alpha value is -0.440. The molecular formula is C7H12Cl2N2. The molecule has 0 unspecified atom stereocenters. The minimum Gasteiger partial charge on any atom is -0.324 e. The van der Waals surface area contributed by atoms with E-state index in [0.717, 1.165) is 5.69 Å². The van der Waals surface area contributed by atoms with E-state index in [1.807, 2.05) is 31.2 Å². The lowest BCUT2D eigenvalue weighted by atomic mass is 10.2. The highest BCUT2D eigenvalue weighted by Crippen LogP contribution is 2.10. The van der Waals surface area contributed by atoms with Crippen LogP contribution in [0.1, 0.15) is 5.56 Å². The maximum Gasteiger partial charge on any atom is 0.0514 e. The Morgan fingerprint density at radius 2 is 1.73 bits per heavy atom. The zero-order valence-electron chi connectivity index (χ0n) is 6.20. The van der Waals surface area contributed by atoms with Gasteiger partial charge in [-0.05, 0) is 18.6 Å². The number of rotatable bonds is 1. The van der Waals surface area contributed by atoms with Gasteiger partial charge in [0.15, 0.2) is 0 Å². The van der Waals surface area contributed by atoms with E-state index in [1.165, 1.54) is 5.56 Å². The van der Waals surface area contributed by atoms with Crippen LogP contribution in [0.5, 0.6) is 0 Å². The molecule has 0 fully saturated rings. The third-order valence-electron chi connectivity index (χ3n) is 1.30. The predicted molar refractivity (Wildman–Crippen MR) is 53.5 cm³/mol. The fourth-order valence-electron chi connectivity index (χ4n) is 0.735. The summed E-state index contributed by atoms with van der Waals surface area (Å²) in [4.78, 5) is 0. The summed E-state index contributed by atoms with van der Waals surface area (Å²) in [7, 11) is 0. The van der Waals surface area contributed by atoms with Gasteiger partial charge in [-0.15, -0.1) is 24.8 Å². The van der Waals surface area contributed by atoms with Gasteiger partial charge >= 0.3 is 0 Å². The van der Waals surface area contributed by atoms with Gasteiger partial charge < -0.3 is 5.43 Å². The molecule has 0 aliphatic rings. The van der Waals surface area contributed by atoms with Gasteiger partial charge in [0.25, 0.3) is 0 Å². The standard InChI is InChI=1S/C7H10N2.2ClH/c1-6-4-2-3-5-7(6)9-8;;/h2-5,9H,8H2,1H3;2*1H. The summed E-state index contributed by atoms with van der Waals surface area (Å²) in [5, 5.41) is 0. The Bertz CT molecular complexity index is 203. The zero-order chi connectivity index (χ0) is 6.69. The molecule has 0 radical (unpaired) electrons. The lowest BCUT2D eigenvalue weighted by Gasteiger charge is -2.01. The molecule has 0 amide bonds. The number of hydrogen-bond acceptors (Lipinski definition) is 2. The van der Waals surface area contributed by atoms with E-state index in [2.05, 4.69) is 5.43 Å². The summed E-state index contributed by atoms with van der Waals surface area (Å²) < 4.78 is 0. The van der Waals surface area contributed by atoms with Crippen LogP contribution in [0.15, 0.2) is 24.3 Å². The molecule has 1 aromatic carbocycles. The first kappa shape index (κ1) is 13.2. The highest BCUT2D eigenvalue weighted by atomic mass is 35.5. The van der Waals surface area contributed by atoms with Gasteiger partial charge in [0.2, 0.25) is 0 Å². The van der Waals surface area contributed by atoms with Gasteiger partial charge in [-0.3, -0.25) is 5.84 Å². The molecule has 2 nitrogen and oxygen atoms in total. The molecule has 0 saturated carbocycles. The van der Waals surface area contributed by atoms with Gasteiger partial charge in [0, 0.05) is 0 Å². The number of benzene rings is 1. The third kappa shape index (κ3) is 3.46. The number of aryl methyl sites for hydroxylation is 1. The smallest absolute Gasteiger partial charge is 0.0514 e. The highest BCUT2D eigenvalue weighted by molar-refractivity contribution is 5.85. The summed E-state index contributed by atoms with van der Waals surface area (Å²) in [5.74, 6) is 5.20. The average Bonchev–Trinajstić information content (AvgIpc) is 1.89. The Balaban J connectivity index is 0. The molecule has 0 spiro atoms. The molecule has 1 aromatic rings. The molecule has 64 valence electrons. The molecule has 0 saturated heterocycles. The fourth-order valence-corrected chi connectivity index (χ4v) is 0.735. The van der Waals surface area contributed by atoms with E-state index in [0.29, 0.717) is 0 Å². The molecule has 0 aliphatic carbocycles. The van der Waals surface area contributed by atoms with Crippen LogP contribution in [-0.4, -0.2) is 0 Å². The largest absolute Gasteiger partial charge is 0.324 e. The monoisotopic (exact) mass is 194 g/mol. The summed E-state index contributed by atoms with van der Waals surface area (Å²) in [6.07, 6.45) is 0. The number of nitrogen functional groups attached to an aromatic ring is 1. The van der Waals surface area contributed by atoms with Crippen molar-refractivity contribution in [2.75, 3.05) is 5.43 Å². The van der Waals surface area contributed by atoms with E-state index >= 15 is 0 Å². The normalized spacial score (nSPS) is 7.45. The van der Waals surface area contributed by atoms with Gasteiger partial charge in [-0.25, -0.2) is 0 Å². The van der Waals surface area contributed by atoms with Crippen LogP contribution in [0.25, 0.3) is 0 Å². The number of nitrogens with one attached hydrogen (secondary N) is 1. The number of nitrogens with two attached hydrogens (primary N) is 1. The molecule has 1 rings (SSSR count). The first-order valence-corrected chi connectivity index (χ1v) is 2.87. The summed E-state index contributed by atoms with van der Waals surface area (Å²) >= 11 is 0. The highest BCUT2D eigenvalue weighted by Gasteiger charge is 1.88. The molecule has 0 bridgehead atoms. The van der Waals surface area contributed by atoms with Crippen molar-refractivity contribution in [3.63, 3.8) is 0 Å². The number of hydrogen-bond donors (Lipinski definition) is 2. The van der Waals surface area contributed by atoms with E-state index in [1.54, 1.807) is 0 Å². The zero-order valence-corrected chi connectivity index (χ0v) is 7.84. The Morgan fingerprint density at radius 3 is 2.09 bits per heavy atom. The minimum absolute atomic E-state index is 0. The molecule has 0 aromatic heterocycles. The van der Waals surface area contributed by atoms with Gasteiger partial charge in [-0.2, -0.15) is 0 Å². The molecule has 0 heterocycles. The van der Waals surface area contributed by atoms with Crippen molar-refractivity contribution in [1.82, 2.24) is 0 Å². The number of halogens is 2. The molecule has 0 atom stereocenters. The van der Waals surface area contributed by atoms with Crippen molar-refractivity contribution in [3.8, 4) is 0 Å². The number of hydrazine groups is 1. The second kappa shape index (κ2) is 6.28. The Kier molecular flexibility index (Phi) is 7.52. The fraction of sp³-hybridized carbons (Fsp3) is 0.143.